The van der Waals surface area contributed by atoms with Gasteiger partial charge >= 0.3 is 6.01 Å². The van der Waals surface area contributed by atoms with Crippen molar-refractivity contribution in [1.82, 2.24) is 9.97 Å². The van der Waals surface area contributed by atoms with Gasteiger partial charge in [-0.2, -0.15) is 4.98 Å². The second kappa shape index (κ2) is 5.57. The summed E-state index contributed by atoms with van der Waals surface area (Å²) in [5, 5.41) is 9.21. The Morgan fingerprint density at radius 1 is 1.28 bits per heavy atom. The third-order valence-electron chi connectivity index (χ3n) is 2.44. The maximum atomic E-state index is 9.21. The monoisotopic (exact) mass is 245 g/mol. The van der Waals surface area contributed by atoms with Crippen LogP contribution >= 0.6 is 0 Å². The van der Waals surface area contributed by atoms with Crippen LogP contribution in [0, 0.1) is 6.92 Å². The molecule has 0 saturated heterocycles. The molecule has 2 aromatic rings. The van der Waals surface area contributed by atoms with E-state index in [1.807, 2.05) is 25.1 Å². The summed E-state index contributed by atoms with van der Waals surface area (Å²) in [5.74, 6) is 0.550. The van der Waals surface area contributed by atoms with Gasteiger partial charge < -0.3 is 15.6 Å². The van der Waals surface area contributed by atoms with Crippen LogP contribution in [0.3, 0.4) is 0 Å². The number of aliphatic hydroxyl groups is 1. The van der Waals surface area contributed by atoms with Gasteiger partial charge in [0.1, 0.15) is 5.75 Å². The van der Waals surface area contributed by atoms with Gasteiger partial charge in [-0.05, 0) is 19.1 Å². The molecule has 0 saturated carbocycles. The van der Waals surface area contributed by atoms with Gasteiger partial charge in [-0.3, -0.25) is 0 Å². The first kappa shape index (κ1) is 12.5. The number of para-hydroxylation sites is 1. The van der Waals surface area contributed by atoms with Crippen LogP contribution in [-0.2, 0) is 13.2 Å². The number of rotatable bonds is 4. The molecular formula is C13H15N3O2. The van der Waals surface area contributed by atoms with Gasteiger partial charge in [0.15, 0.2) is 0 Å². The summed E-state index contributed by atoms with van der Waals surface area (Å²) >= 11 is 0. The normalized spacial score (nSPS) is 10.4. The molecule has 0 fully saturated rings. The average Bonchev–Trinajstić information content (AvgIpc) is 2.38. The van der Waals surface area contributed by atoms with E-state index in [0.29, 0.717) is 17.9 Å². The lowest BCUT2D eigenvalue weighted by atomic mass is 10.2. The molecule has 5 nitrogen and oxygen atoms in total. The van der Waals surface area contributed by atoms with Crippen LogP contribution in [0.4, 0.5) is 0 Å². The van der Waals surface area contributed by atoms with E-state index in [0.717, 1.165) is 11.4 Å². The summed E-state index contributed by atoms with van der Waals surface area (Å²) in [4.78, 5) is 8.36. The molecule has 3 N–H and O–H groups in total. The van der Waals surface area contributed by atoms with Crippen molar-refractivity contribution in [3.8, 4) is 11.8 Å². The van der Waals surface area contributed by atoms with Gasteiger partial charge in [0.25, 0.3) is 0 Å². The van der Waals surface area contributed by atoms with E-state index in [9.17, 15) is 5.11 Å². The Kier molecular flexibility index (Phi) is 3.86. The summed E-state index contributed by atoms with van der Waals surface area (Å²) in [7, 11) is 0. The van der Waals surface area contributed by atoms with Crippen LogP contribution in [0.1, 0.15) is 17.0 Å². The fourth-order valence-corrected chi connectivity index (χ4v) is 1.59. The van der Waals surface area contributed by atoms with Crippen LogP contribution in [0.5, 0.6) is 11.8 Å². The number of benzene rings is 1. The van der Waals surface area contributed by atoms with Gasteiger partial charge in [0.05, 0.1) is 12.3 Å². The fraction of sp³-hybridized carbons (Fsp3) is 0.231. The zero-order valence-corrected chi connectivity index (χ0v) is 10.1. The molecule has 1 aromatic heterocycles. The first-order valence-electron chi connectivity index (χ1n) is 5.64. The minimum absolute atomic E-state index is 0.0915. The standard InChI is InChI=1S/C13H15N3O2/c1-9-6-11(7-14)16-13(15-9)18-12-5-3-2-4-10(12)8-17/h2-6,17H,7-8,14H2,1H3. The SMILES string of the molecule is Cc1cc(CN)nc(Oc2ccccc2CO)n1. The Balaban J connectivity index is 2.30. The lowest BCUT2D eigenvalue weighted by Gasteiger charge is -2.09. The van der Waals surface area contributed by atoms with Crippen molar-refractivity contribution in [2.45, 2.75) is 20.1 Å². The molecule has 0 bridgehead atoms. The molecule has 0 aliphatic carbocycles. The van der Waals surface area contributed by atoms with Gasteiger partial charge in [0.2, 0.25) is 0 Å². The summed E-state index contributed by atoms with van der Waals surface area (Å²) in [6, 6.07) is 9.27. The Bertz CT molecular complexity index is 544. The summed E-state index contributed by atoms with van der Waals surface area (Å²) < 4.78 is 5.59. The molecule has 0 atom stereocenters. The molecule has 0 aliphatic rings. The summed E-state index contributed by atoms with van der Waals surface area (Å²) in [6.07, 6.45) is 0. The van der Waals surface area contributed by atoms with E-state index in [1.54, 1.807) is 12.1 Å². The highest BCUT2D eigenvalue weighted by Gasteiger charge is 2.07. The van der Waals surface area contributed by atoms with E-state index >= 15 is 0 Å². The molecule has 1 aromatic carbocycles. The van der Waals surface area contributed by atoms with E-state index in [4.69, 9.17) is 10.5 Å². The van der Waals surface area contributed by atoms with E-state index < -0.39 is 0 Å². The van der Waals surface area contributed by atoms with Crippen molar-refractivity contribution in [2.75, 3.05) is 0 Å². The Morgan fingerprint density at radius 2 is 2.06 bits per heavy atom. The number of nitrogens with zero attached hydrogens (tertiary/aromatic N) is 2. The Morgan fingerprint density at radius 3 is 2.78 bits per heavy atom. The zero-order valence-electron chi connectivity index (χ0n) is 10.1. The highest BCUT2D eigenvalue weighted by molar-refractivity contribution is 5.34. The number of nitrogens with two attached hydrogens (primary N) is 1. The predicted octanol–water partition coefficient (Wildman–Crippen LogP) is 1.53. The second-order valence-electron chi connectivity index (χ2n) is 3.86. The van der Waals surface area contributed by atoms with Crippen LogP contribution in [-0.4, -0.2) is 15.1 Å². The Hall–Kier alpha value is -1.98. The molecule has 0 radical (unpaired) electrons. The van der Waals surface area contributed by atoms with Crippen molar-refractivity contribution in [3.05, 3.63) is 47.3 Å². The zero-order chi connectivity index (χ0) is 13.0. The number of aromatic nitrogens is 2. The molecule has 2 rings (SSSR count). The van der Waals surface area contributed by atoms with Gasteiger partial charge in [-0.25, -0.2) is 4.98 Å². The summed E-state index contributed by atoms with van der Waals surface area (Å²) in [6.45, 7) is 2.10. The number of ether oxygens (including phenoxy) is 1. The van der Waals surface area contributed by atoms with Gasteiger partial charge in [0, 0.05) is 17.8 Å². The largest absolute Gasteiger partial charge is 0.424 e. The van der Waals surface area contributed by atoms with Gasteiger partial charge in [-0.1, -0.05) is 18.2 Å². The molecule has 0 aliphatic heterocycles. The number of hydrogen-bond acceptors (Lipinski definition) is 5. The molecule has 18 heavy (non-hydrogen) atoms. The van der Waals surface area contributed by atoms with E-state index in [1.165, 1.54) is 0 Å². The van der Waals surface area contributed by atoms with Crippen molar-refractivity contribution in [1.29, 1.82) is 0 Å². The number of hydrogen-bond donors (Lipinski definition) is 2. The lowest BCUT2D eigenvalue weighted by Crippen LogP contribution is -2.04. The molecule has 5 heteroatoms. The smallest absolute Gasteiger partial charge is 0.322 e. The van der Waals surface area contributed by atoms with Crippen molar-refractivity contribution in [3.63, 3.8) is 0 Å². The maximum absolute atomic E-state index is 9.21. The second-order valence-corrected chi connectivity index (χ2v) is 3.86. The number of aryl methyl sites for hydroxylation is 1. The molecule has 0 spiro atoms. The van der Waals surface area contributed by atoms with Crippen LogP contribution in [0.15, 0.2) is 30.3 Å². The third-order valence-corrected chi connectivity index (χ3v) is 2.44. The van der Waals surface area contributed by atoms with Crippen LogP contribution in [0.2, 0.25) is 0 Å². The highest BCUT2D eigenvalue weighted by atomic mass is 16.5. The van der Waals surface area contributed by atoms with Crippen LogP contribution in [0.25, 0.3) is 0 Å². The predicted molar refractivity (Wildman–Crippen MR) is 67.1 cm³/mol. The van der Waals surface area contributed by atoms with Crippen molar-refractivity contribution in [2.24, 2.45) is 5.73 Å². The highest BCUT2D eigenvalue weighted by Crippen LogP contribution is 2.23. The van der Waals surface area contributed by atoms with Crippen molar-refractivity contribution < 1.29 is 9.84 Å². The Labute approximate surface area is 105 Å². The summed E-state index contributed by atoms with van der Waals surface area (Å²) in [5.41, 5.74) is 7.76. The van der Waals surface area contributed by atoms with Gasteiger partial charge in [-0.15, -0.1) is 0 Å². The minimum atomic E-state index is -0.0915. The minimum Gasteiger partial charge on any atom is -0.424 e. The third kappa shape index (κ3) is 2.82. The lowest BCUT2D eigenvalue weighted by molar-refractivity contribution is 0.275. The molecule has 1 heterocycles. The first-order chi connectivity index (χ1) is 8.72. The average molecular weight is 245 g/mol. The molecule has 94 valence electrons. The topological polar surface area (TPSA) is 81.3 Å². The van der Waals surface area contributed by atoms with Crippen LogP contribution < -0.4 is 10.5 Å². The molecular weight excluding hydrogens is 230 g/mol. The molecule has 0 unspecified atom stereocenters. The van der Waals surface area contributed by atoms with E-state index in [2.05, 4.69) is 9.97 Å². The number of aliphatic hydroxyl groups excluding tert-OH is 1. The fourth-order valence-electron chi connectivity index (χ4n) is 1.59. The molecule has 0 amide bonds. The van der Waals surface area contributed by atoms with E-state index in [-0.39, 0.29) is 12.6 Å². The first-order valence-corrected chi connectivity index (χ1v) is 5.64. The maximum Gasteiger partial charge on any atom is 0.322 e. The van der Waals surface area contributed by atoms with Crippen molar-refractivity contribution >= 4 is 0 Å². The quantitative estimate of drug-likeness (QED) is 0.853.